The molecule has 0 aliphatic rings. The van der Waals surface area contributed by atoms with Crippen LogP contribution in [0.25, 0.3) is 0 Å². The van der Waals surface area contributed by atoms with Crippen molar-refractivity contribution in [1.29, 1.82) is 5.26 Å². The maximum Gasteiger partial charge on any atom is 0.330 e. The number of nitriles is 1. The first-order valence-corrected chi connectivity index (χ1v) is 7.41. The van der Waals surface area contributed by atoms with E-state index < -0.39 is 5.97 Å². The summed E-state index contributed by atoms with van der Waals surface area (Å²) in [4.78, 5) is 10.9. The highest BCUT2D eigenvalue weighted by Gasteiger charge is 2.00. The van der Waals surface area contributed by atoms with E-state index in [1.807, 2.05) is 0 Å². The fourth-order valence-electron chi connectivity index (χ4n) is 1.82. The minimum atomic E-state index is -0.431. The van der Waals surface area contributed by atoms with Crippen molar-refractivity contribution in [3.05, 3.63) is 66.7 Å². The van der Waals surface area contributed by atoms with Crippen molar-refractivity contribution in [2.75, 3.05) is 13.2 Å². The molecule has 0 atom stereocenters. The smallest absolute Gasteiger partial charge is 0.330 e. The molecule has 0 unspecified atom stereocenters. The molecule has 0 aliphatic heterocycles. The van der Waals surface area contributed by atoms with E-state index >= 15 is 0 Å². The van der Waals surface area contributed by atoms with Crippen LogP contribution in [-0.2, 0) is 9.53 Å². The van der Waals surface area contributed by atoms with Gasteiger partial charge in [0.05, 0.1) is 24.8 Å². The average molecular weight is 323 g/mol. The van der Waals surface area contributed by atoms with Gasteiger partial charge in [-0.3, -0.25) is 0 Å². The Bertz CT molecular complexity index is 715. The lowest BCUT2D eigenvalue weighted by atomic mass is 10.2. The van der Waals surface area contributed by atoms with E-state index in [-0.39, 0.29) is 0 Å². The summed E-state index contributed by atoms with van der Waals surface area (Å²) in [6.07, 6.45) is 1.73. The SMILES string of the molecule is C=CC(=O)OCCCOc1ccc(Oc2ccc(C#N)cc2)cc1. The number of nitrogens with zero attached hydrogens (tertiary/aromatic N) is 1. The van der Waals surface area contributed by atoms with E-state index in [2.05, 4.69) is 12.6 Å². The van der Waals surface area contributed by atoms with E-state index in [4.69, 9.17) is 19.5 Å². The number of carbonyl (C=O) groups is 1. The predicted octanol–water partition coefficient (Wildman–Crippen LogP) is 3.85. The molecule has 0 bridgehead atoms. The van der Waals surface area contributed by atoms with E-state index in [9.17, 15) is 4.79 Å². The van der Waals surface area contributed by atoms with Crippen molar-refractivity contribution in [2.45, 2.75) is 6.42 Å². The summed E-state index contributed by atoms with van der Waals surface area (Å²) in [7, 11) is 0. The van der Waals surface area contributed by atoms with Crippen LogP contribution in [0.2, 0.25) is 0 Å². The highest BCUT2D eigenvalue weighted by Crippen LogP contribution is 2.24. The number of hydrogen-bond acceptors (Lipinski definition) is 5. The minimum Gasteiger partial charge on any atom is -0.493 e. The van der Waals surface area contributed by atoms with Gasteiger partial charge in [0, 0.05) is 12.5 Å². The molecule has 0 amide bonds. The normalized spacial score (nSPS) is 9.62. The third-order valence-corrected chi connectivity index (χ3v) is 3.01. The fourth-order valence-corrected chi connectivity index (χ4v) is 1.82. The lowest BCUT2D eigenvalue weighted by molar-refractivity contribution is -0.137. The average Bonchev–Trinajstić information content (AvgIpc) is 2.63. The highest BCUT2D eigenvalue weighted by atomic mass is 16.5. The zero-order chi connectivity index (χ0) is 17.2. The zero-order valence-electron chi connectivity index (χ0n) is 13.1. The third kappa shape index (κ3) is 5.50. The van der Waals surface area contributed by atoms with Gasteiger partial charge >= 0.3 is 5.97 Å². The first-order valence-electron chi connectivity index (χ1n) is 7.41. The summed E-state index contributed by atoms with van der Waals surface area (Å²) >= 11 is 0. The first-order chi connectivity index (χ1) is 11.7. The number of ether oxygens (including phenoxy) is 3. The minimum absolute atomic E-state index is 0.296. The van der Waals surface area contributed by atoms with Gasteiger partial charge in [-0.25, -0.2) is 4.79 Å². The second-order valence-corrected chi connectivity index (χ2v) is 4.78. The molecule has 0 saturated heterocycles. The molecule has 0 spiro atoms. The van der Waals surface area contributed by atoms with Gasteiger partial charge in [-0.15, -0.1) is 0 Å². The maximum atomic E-state index is 10.9. The van der Waals surface area contributed by atoms with Crippen LogP contribution >= 0.6 is 0 Å². The summed E-state index contributed by atoms with van der Waals surface area (Å²) in [6.45, 7) is 4.06. The van der Waals surface area contributed by atoms with Crippen LogP contribution in [0, 0.1) is 11.3 Å². The quantitative estimate of drug-likeness (QED) is 0.419. The summed E-state index contributed by atoms with van der Waals surface area (Å²) in [5, 5.41) is 8.76. The van der Waals surface area contributed by atoms with Crippen molar-refractivity contribution >= 4 is 5.97 Å². The van der Waals surface area contributed by atoms with E-state index in [0.29, 0.717) is 42.4 Å². The molecule has 0 heterocycles. The Labute approximate surface area is 140 Å². The fraction of sp³-hybridized carbons (Fsp3) is 0.158. The van der Waals surface area contributed by atoms with Crippen molar-refractivity contribution in [2.24, 2.45) is 0 Å². The van der Waals surface area contributed by atoms with Gasteiger partial charge in [0.25, 0.3) is 0 Å². The monoisotopic (exact) mass is 323 g/mol. The van der Waals surface area contributed by atoms with Gasteiger partial charge in [0.1, 0.15) is 17.2 Å². The Hall–Kier alpha value is -3.26. The standard InChI is InChI=1S/C19H17NO4/c1-2-19(21)23-13-3-12-22-16-8-10-18(11-9-16)24-17-6-4-15(14-20)5-7-17/h2,4-11H,1,3,12-13H2. The Kier molecular flexibility index (Phi) is 6.42. The molecular formula is C19H17NO4. The van der Waals surface area contributed by atoms with Crippen LogP contribution < -0.4 is 9.47 Å². The van der Waals surface area contributed by atoms with Crippen LogP contribution in [0.3, 0.4) is 0 Å². The number of hydrogen-bond donors (Lipinski definition) is 0. The topological polar surface area (TPSA) is 68.6 Å². The maximum absolute atomic E-state index is 10.9. The molecule has 24 heavy (non-hydrogen) atoms. The van der Waals surface area contributed by atoms with Gasteiger partial charge in [0.2, 0.25) is 0 Å². The van der Waals surface area contributed by atoms with E-state index in [1.54, 1.807) is 48.5 Å². The Morgan fingerprint density at radius 2 is 1.58 bits per heavy atom. The van der Waals surface area contributed by atoms with Crippen molar-refractivity contribution < 1.29 is 19.0 Å². The molecular weight excluding hydrogens is 306 g/mol. The molecule has 2 rings (SSSR count). The Balaban J connectivity index is 1.77. The number of esters is 1. The van der Waals surface area contributed by atoms with Crippen LogP contribution in [0.5, 0.6) is 17.2 Å². The number of benzene rings is 2. The van der Waals surface area contributed by atoms with E-state index in [1.165, 1.54) is 0 Å². The second-order valence-electron chi connectivity index (χ2n) is 4.78. The number of rotatable bonds is 8. The molecule has 2 aromatic rings. The predicted molar refractivity (Wildman–Crippen MR) is 88.9 cm³/mol. The van der Waals surface area contributed by atoms with Crippen molar-refractivity contribution in [1.82, 2.24) is 0 Å². The van der Waals surface area contributed by atoms with Crippen molar-refractivity contribution in [3.63, 3.8) is 0 Å². The van der Waals surface area contributed by atoms with Crippen LogP contribution in [0.1, 0.15) is 12.0 Å². The first kappa shape index (κ1) is 17.1. The van der Waals surface area contributed by atoms with Crippen molar-refractivity contribution in [3.8, 4) is 23.3 Å². The Morgan fingerprint density at radius 3 is 2.17 bits per heavy atom. The van der Waals surface area contributed by atoms with Gasteiger partial charge in [-0.2, -0.15) is 5.26 Å². The summed E-state index contributed by atoms with van der Waals surface area (Å²) in [5.74, 6) is 1.61. The van der Waals surface area contributed by atoms with Gasteiger partial charge in [-0.05, 0) is 48.5 Å². The molecule has 0 N–H and O–H groups in total. The summed E-state index contributed by atoms with van der Waals surface area (Å²) in [5.41, 5.74) is 0.588. The number of carbonyl (C=O) groups excluding carboxylic acids is 1. The molecule has 0 saturated carbocycles. The van der Waals surface area contributed by atoms with Gasteiger partial charge < -0.3 is 14.2 Å². The second kappa shape index (κ2) is 9.01. The Morgan fingerprint density at radius 1 is 1.00 bits per heavy atom. The van der Waals surface area contributed by atoms with E-state index in [0.717, 1.165) is 6.08 Å². The largest absolute Gasteiger partial charge is 0.493 e. The molecule has 2 aromatic carbocycles. The molecule has 0 aliphatic carbocycles. The lowest BCUT2D eigenvalue weighted by Crippen LogP contribution is -2.06. The third-order valence-electron chi connectivity index (χ3n) is 3.01. The molecule has 0 aromatic heterocycles. The zero-order valence-corrected chi connectivity index (χ0v) is 13.1. The molecule has 5 nitrogen and oxygen atoms in total. The molecule has 5 heteroatoms. The summed E-state index contributed by atoms with van der Waals surface area (Å²) < 4.78 is 16.1. The van der Waals surface area contributed by atoms with Crippen LogP contribution in [0.15, 0.2) is 61.2 Å². The highest BCUT2D eigenvalue weighted by molar-refractivity contribution is 5.81. The van der Waals surface area contributed by atoms with Gasteiger partial charge in [0.15, 0.2) is 0 Å². The molecule has 0 radical (unpaired) electrons. The molecule has 122 valence electrons. The summed E-state index contributed by atoms with van der Waals surface area (Å²) in [6, 6.07) is 16.1. The lowest BCUT2D eigenvalue weighted by Gasteiger charge is -2.08. The van der Waals surface area contributed by atoms with Crippen LogP contribution in [-0.4, -0.2) is 19.2 Å². The molecule has 0 fully saturated rings. The van der Waals surface area contributed by atoms with Crippen LogP contribution in [0.4, 0.5) is 0 Å². The van der Waals surface area contributed by atoms with Gasteiger partial charge in [-0.1, -0.05) is 6.58 Å².